The van der Waals surface area contributed by atoms with Crippen molar-refractivity contribution in [3.05, 3.63) is 29.3 Å². The molecule has 0 heterocycles. The summed E-state index contributed by atoms with van der Waals surface area (Å²) in [6.45, 7) is 3.72. The van der Waals surface area contributed by atoms with Gasteiger partial charge in [0.05, 0.1) is 13.0 Å². The van der Waals surface area contributed by atoms with E-state index in [1.54, 1.807) is 0 Å². The topological polar surface area (TPSA) is 95.9 Å². The number of carboxylic acids is 1. The van der Waals surface area contributed by atoms with Gasteiger partial charge in [0.2, 0.25) is 5.91 Å². The van der Waals surface area contributed by atoms with Crippen molar-refractivity contribution in [2.45, 2.75) is 32.7 Å². The molecule has 1 amide bonds. The Labute approximate surface area is 123 Å². The minimum Gasteiger partial charge on any atom is -0.493 e. The van der Waals surface area contributed by atoms with Crippen molar-refractivity contribution >= 4 is 11.9 Å². The number of aliphatic hydroxyl groups excluding tert-OH is 1. The highest BCUT2D eigenvalue weighted by molar-refractivity contribution is 5.83. The van der Waals surface area contributed by atoms with Gasteiger partial charge >= 0.3 is 5.97 Å². The van der Waals surface area contributed by atoms with Gasteiger partial charge in [0, 0.05) is 13.0 Å². The number of ether oxygens (including phenoxy) is 1. The number of carbonyl (C=O) groups excluding carboxylic acids is 1. The average molecular weight is 295 g/mol. The van der Waals surface area contributed by atoms with E-state index < -0.39 is 17.9 Å². The van der Waals surface area contributed by atoms with Crippen molar-refractivity contribution in [2.75, 3.05) is 13.2 Å². The first-order chi connectivity index (χ1) is 9.95. The maximum atomic E-state index is 11.7. The quantitative estimate of drug-likeness (QED) is 0.665. The van der Waals surface area contributed by atoms with Crippen LogP contribution < -0.4 is 10.1 Å². The van der Waals surface area contributed by atoms with E-state index in [1.165, 1.54) is 0 Å². The van der Waals surface area contributed by atoms with Crippen LogP contribution in [0.3, 0.4) is 0 Å². The first kappa shape index (κ1) is 17.0. The summed E-state index contributed by atoms with van der Waals surface area (Å²) in [7, 11) is 0. The van der Waals surface area contributed by atoms with Crippen LogP contribution in [0.15, 0.2) is 18.2 Å². The van der Waals surface area contributed by atoms with Crippen LogP contribution in [-0.4, -0.2) is 41.3 Å². The Bertz CT molecular complexity index is 481. The Morgan fingerprint density at radius 1 is 1.29 bits per heavy atom. The number of carbonyl (C=O) groups is 2. The van der Waals surface area contributed by atoms with E-state index in [2.05, 4.69) is 5.32 Å². The number of para-hydroxylation sites is 1. The second-order valence-corrected chi connectivity index (χ2v) is 4.79. The fourth-order valence-corrected chi connectivity index (χ4v) is 1.93. The van der Waals surface area contributed by atoms with Gasteiger partial charge in [0.15, 0.2) is 0 Å². The molecule has 0 aliphatic heterocycles. The summed E-state index contributed by atoms with van der Waals surface area (Å²) in [5.41, 5.74) is 1.97. The summed E-state index contributed by atoms with van der Waals surface area (Å²) in [5.74, 6) is -0.828. The summed E-state index contributed by atoms with van der Waals surface area (Å²) >= 11 is 0. The third-order valence-electron chi connectivity index (χ3n) is 3.04. The Kier molecular flexibility index (Phi) is 6.68. The molecule has 0 saturated carbocycles. The van der Waals surface area contributed by atoms with E-state index in [4.69, 9.17) is 14.9 Å². The lowest BCUT2D eigenvalue weighted by Gasteiger charge is -2.14. The summed E-state index contributed by atoms with van der Waals surface area (Å²) in [6, 6.07) is 4.70. The highest BCUT2D eigenvalue weighted by atomic mass is 16.5. The number of aliphatic carboxylic acids is 1. The molecule has 21 heavy (non-hydrogen) atoms. The Balaban J connectivity index is 2.45. The van der Waals surface area contributed by atoms with Crippen molar-refractivity contribution in [1.82, 2.24) is 5.32 Å². The second-order valence-electron chi connectivity index (χ2n) is 4.79. The maximum absolute atomic E-state index is 11.7. The van der Waals surface area contributed by atoms with Gasteiger partial charge in [0.1, 0.15) is 11.8 Å². The molecule has 0 fully saturated rings. The summed E-state index contributed by atoms with van der Waals surface area (Å²) < 4.78 is 5.58. The molecule has 0 bridgehead atoms. The third-order valence-corrected chi connectivity index (χ3v) is 3.04. The first-order valence-corrected chi connectivity index (χ1v) is 6.77. The minimum absolute atomic E-state index is 0.0150. The molecule has 1 unspecified atom stereocenters. The number of nitrogens with one attached hydrogen (secondary N) is 1. The molecule has 0 spiro atoms. The summed E-state index contributed by atoms with van der Waals surface area (Å²) in [6.07, 6.45) is 0.0435. The van der Waals surface area contributed by atoms with Crippen molar-refractivity contribution < 1.29 is 24.5 Å². The molecule has 1 aromatic carbocycles. The van der Waals surface area contributed by atoms with Gasteiger partial charge < -0.3 is 20.3 Å². The van der Waals surface area contributed by atoms with Gasteiger partial charge in [-0.25, -0.2) is 4.79 Å². The predicted octanol–water partition coefficient (Wildman–Crippen LogP) is 1.02. The van der Waals surface area contributed by atoms with Crippen molar-refractivity contribution in [3.8, 4) is 5.75 Å². The second kappa shape index (κ2) is 8.26. The predicted molar refractivity (Wildman–Crippen MR) is 77.3 cm³/mol. The van der Waals surface area contributed by atoms with E-state index in [-0.39, 0.29) is 26.1 Å². The van der Waals surface area contributed by atoms with Crippen LogP contribution in [0.4, 0.5) is 0 Å². The molecule has 6 nitrogen and oxygen atoms in total. The van der Waals surface area contributed by atoms with Crippen LogP contribution in [0, 0.1) is 13.8 Å². The molecule has 1 rings (SSSR count). The number of aryl methyl sites for hydroxylation is 2. The molecule has 0 aliphatic rings. The van der Waals surface area contributed by atoms with E-state index in [0.717, 1.165) is 16.9 Å². The van der Waals surface area contributed by atoms with Crippen LogP contribution >= 0.6 is 0 Å². The maximum Gasteiger partial charge on any atom is 0.326 e. The standard InChI is InChI=1S/C15H21NO5/c1-10-4-3-5-11(2)14(10)21-9-7-13(18)16-12(6-8-17)15(19)20/h3-5,12,17H,6-9H2,1-2H3,(H,16,18)(H,19,20). The Morgan fingerprint density at radius 3 is 2.43 bits per heavy atom. The Hall–Kier alpha value is -2.08. The van der Waals surface area contributed by atoms with Gasteiger partial charge in [-0.05, 0) is 25.0 Å². The molecule has 116 valence electrons. The van der Waals surface area contributed by atoms with E-state index >= 15 is 0 Å². The molecule has 3 N–H and O–H groups in total. The highest BCUT2D eigenvalue weighted by Crippen LogP contribution is 2.22. The third kappa shape index (κ3) is 5.43. The van der Waals surface area contributed by atoms with Gasteiger partial charge in [-0.2, -0.15) is 0 Å². The van der Waals surface area contributed by atoms with Gasteiger partial charge in [-0.3, -0.25) is 4.79 Å². The number of aliphatic hydroxyl groups is 1. The van der Waals surface area contributed by atoms with Crippen LogP contribution in [0.5, 0.6) is 5.75 Å². The van der Waals surface area contributed by atoms with Crippen molar-refractivity contribution in [2.24, 2.45) is 0 Å². The largest absolute Gasteiger partial charge is 0.493 e. The number of hydrogen-bond acceptors (Lipinski definition) is 4. The zero-order valence-electron chi connectivity index (χ0n) is 12.3. The molecule has 6 heteroatoms. The van der Waals surface area contributed by atoms with Crippen molar-refractivity contribution in [1.29, 1.82) is 0 Å². The fraction of sp³-hybridized carbons (Fsp3) is 0.467. The zero-order valence-corrected chi connectivity index (χ0v) is 12.3. The van der Waals surface area contributed by atoms with Crippen LogP contribution in [0.25, 0.3) is 0 Å². The van der Waals surface area contributed by atoms with E-state index in [9.17, 15) is 9.59 Å². The normalized spacial score (nSPS) is 11.8. The lowest BCUT2D eigenvalue weighted by Crippen LogP contribution is -2.41. The number of amides is 1. The van der Waals surface area contributed by atoms with Crippen LogP contribution in [-0.2, 0) is 9.59 Å². The monoisotopic (exact) mass is 295 g/mol. The van der Waals surface area contributed by atoms with Gasteiger partial charge in [-0.15, -0.1) is 0 Å². The van der Waals surface area contributed by atoms with Crippen LogP contribution in [0.2, 0.25) is 0 Å². The number of benzene rings is 1. The van der Waals surface area contributed by atoms with Gasteiger partial charge in [-0.1, -0.05) is 18.2 Å². The molecule has 1 atom stereocenters. The molecule has 0 radical (unpaired) electrons. The molecule has 0 aromatic heterocycles. The lowest BCUT2D eigenvalue weighted by molar-refractivity contribution is -0.142. The molecule has 1 aromatic rings. The van der Waals surface area contributed by atoms with E-state index in [0.29, 0.717) is 0 Å². The number of rotatable bonds is 8. The molecule has 0 saturated heterocycles. The molecule has 0 aliphatic carbocycles. The molecular formula is C15H21NO5. The number of carboxylic acid groups (broad SMARTS) is 1. The Morgan fingerprint density at radius 2 is 1.90 bits per heavy atom. The van der Waals surface area contributed by atoms with Gasteiger partial charge in [0.25, 0.3) is 0 Å². The zero-order chi connectivity index (χ0) is 15.8. The average Bonchev–Trinajstić information content (AvgIpc) is 2.41. The van der Waals surface area contributed by atoms with E-state index in [1.807, 2.05) is 32.0 Å². The van der Waals surface area contributed by atoms with Crippen molar-refractivity contribution in [3.63, 3.8) is 0 Å². The SMILES string of the molecule is Cc1cccc(C)c1OCCC(=O)NC(CCO)C(=O)O. The lowest BCUT2D eigenvalue weighted by atomic mass is 10.1. The summed E-state index contributed by atoms with van der Waals surface area (Å²) in [5, 5.41) is 20.0. The smallest absolute Gasteiger partial charge is 0.326 e. The van der Waals surface area contributed by atoms with Crippen LogP contribution in [0.1, 0.15) is 24.0 Å². The highest BCUT2D eigenvalue weighted by Gasteiger charge is 2.19. The fourth-order valence-electron chi connectivity index (χ4n) is 1.93. The minimum atomic E-state index is -1.16. The number of hydrogen-bond donors (Lipinski definition) is 3. The molecular weight excluding hydrogens is 274 g/mol. The summed E-state index contributed by atoms with van der Waals surface area (Å²) in [4.78, 5) is 22.5. The first-order valence-electron chi connectivity index (χ1n) is 6.77.